The average Bonchev–Trinajstić information content (AvgIpc) is 2.68. The largest absolute Gasteiger partial charge is 0.755 e. The van der Waals surface area contributed by atoms with Gasteiger partial charge in [-0.15, -0.1) is 0 Å². The summed E-state index contributed by atoms with van der Waals surface area (Å²) in [5.74, 6) is -4.34. The van der Waals surface area contributed by atoms with Crippen LogP contribution < -0.4 is 4.31 Å². The van der Waals surface area contributed by atoms with E-state index in [-0.39, 0.29) is 0 Å². The molecule has 0 spiro atoms. The molecule has 0 aromatic heterocycles. The summed E-state index contributed by atoms with van der Waals surface area (Å²) in [6.07, 6.45) is -4.97. The zero-order valence-corrected chi connectivity index (χ0v) is 16.4. The SMILES string of the molecule is O=C(O)c1ccc(N(c2cc(-c3cc(F)ccc3F)cc(C(F)(F)F)c2)S(=O)[O-])cc1O. The second-order valence-electron chi connectivity index (χ2n) is 6.41. The highest BCUT2D eigenvalue weighted by atomic mass is 32.2. The van der Waals surface area contributed by atoms with Gasteiger partial charge in [0.05, 0.1) is 28.2 Å². The summed E-state index contributed by atoms with van der Waals surface area (Å²) in [6.45, 7) is 0. The molecule has 1 unspecified atom stereocenters. The summed E-state index contributed by atoms with van der Waals surface area (Å²) in [6, 6.07) is 6.51. The monoisotopic (exact) mass is 472 g/mol. The Bertz CT molecular complexity index is 1230. The van der Waals surface area contributed by atoms with E-state index in [9.17, 15) is 40.6 Å². The van der Waals surface area contributed by atoms with Crippen LogP contribution in [0.25, 0.3) is 11.1 Å². The highest BCUT2D eigenvalue weighted by Crippen LogP contribution is 2.39. The number of aromatic hydroxyl groups is 1. The molecule has 2 N–H and O–H groups in total. The first-order valence-corrected chi connectivity index (χ1v) is 9.55. The van der Waals surface area contributed by atoms with E-state index in [1.165, 1.54) is 0 Å². The molecule has 0 saturated carbocycles. The van der Waals surface area contributed by atoms with E-state index in [0.717, 1.165) is 30.3 Å². The fourth-order valence-corrected chi connectivity index (χ4v) is 3.48. The number of benzene rings is 3. The average molecular weight is 472 g/mol. The molecule has 3 rings (SSSR count). The maximum atomic E-state index is 14.2. The lowest BCUT2D eigenvalue weighted by Crippen LogP contribution is -2.20. The van der Waals surface area contributed by atoms with Gasteiger partial charge in [-0.2, -0.15) is 13.2 Å². The number of carbonyl (C=O) groups is 1. The van der Waals surface area contributed by atoms with Crippen LogP contribution in [-0.2, 0) is 17.4 Å². The Labute approximate surface area is 179 Å². The van der Waals surface area contributed by atoms with Crippen molar-refractivity contribution in [1.82, 2.24) is 0 Å². The molecular weight excluding hydrogens is 461 g/mol. The second kappa shape index (κ2) is 8.55. The minimum atomic E-state index is -4.97. The van der Waals surface area contributed by atoms with E-state index in [1.807, 2.05) is 0 Å². The van der Waals surface area contributed by atoms with E-state index >= 15 is 0 Å². The van der Waals surface area contributed by atoms with Crippen molar-refractivity contribution in [3.05, 3.63) is 77.4 Å². The molecule has 0 aliphatic carbocycles. The molecule has 0 aliphatic heterocycles. The van der Waals surface area contributed by atoms with Gasteiger partial charge in [-0.05, 0) is 54.1 Å². The maximum absolute atomic E-state index is 14.2. The fraction of sp³-hybridized carbons (Fsp3) is 0.0500. The second-order valence-corrected chi connectivity index (χ2v) is 7.21. The summed E-state index contributed by atoms with van der Waals surface area (Å²) in [5.41, 5.74) is -3.95. The Morgan fingerprint density at radius 2 is 1.66 bits per heavy atom. The molecule has 3 aromatic carbocycles. The molecule has 32 heavy (non-hydrogen) atoms. The number of nitrogens with zero attached hydrogens (tertiary/aromatic N) is 1. The Kier molecular flexibility index (Phi) is 6.19. The molecule has 0 heterocycles. The summed E-state index contributed by atoms with van der Waals surface area (Å²) in [7, 11) is 0. The highest BCUT2D eigenvalue weighted by Gasteiger charge is 2.32. The number of rotatable bonds is 5. The topological polar surface area (TPSA) is 101 Å². The quantitative estimate of drug-likeness (QED) is 0.403. The lowest BCUT2D eigenvalue weighted by Gasteiger charge is -2.28. The first-order valence-electron chi connectivity index (χ1n) is 8.52. The van der Waals surface area contributed by atoms with Gasteiger partial charge in [0.15, 0.2) is 0 Å². The number of hydrogen-bond donors (Lipinski definition) is 2. The van der Waals surface area contributed by atoms with Crippen LogP contribution in [-0.4, -0.2) is 24.9 Å². The van der Waals surface area contributed by atoms with Crippen LogP contribution in [0.5, 0.6) is 5.75 Å². The molecule has 6 nitrogen and oxygen atoms in total. The lowest BCUT2D eigenvalue weighted by atomic mass is 10.0. The number of hydrogen-bond acceptors (Lipinski definition) is 4. The Hall–Kier alpha value is -3.51. The maximum Gasteiger partial charge on any atom is 0.416 e. The van der Waals surface area contributed by atoms with Crippen molar-refractivity contribution in [1.29, 1.82) is 0 Å². The highest BCUT2D eigenvalue weighted by molar-refractivity contribution is 7.81. The van der Waals surface area contributed by atoms with Crippen molar-refractivity contribution in [3.63, 3.8) is 0 Å². The number of anilines is 2. The van der Waals surface area contributed by atoms with E-state index < -0.39 is 74.4 Å². The van der Waals surface area contributed by atoms with Gasteiger partial charge in [0, 0.05) is 11.6 Å². The van der Waals surface area contributed by atoms with Gasteiger partial charge in [-0.25, -0.2) is 13.6 Å². The van der Waals surface area contributed by atoms with Gasteiger partial charge in [0.25, 0.3) is 0 Å². The number of halogens is 5. The molecule has 168 valence electrons. The molecule has 12 heteroatoms. The van der Waals surface area contributed by atoms with E-state index in [1.54, 1.807) is 0 Å². The van der Waals surface area contributed by atoms with Gasteiger partial charge in [-0.3, -0.25) is 8.51 Å². The van der Waals surface area contributed by atoms with Crippen LogP contribution >= 0.6 is 0 Å². The first-order chi connectivity index (χ1) is 14.9. The standard InChI is InChI=1S/C20H12F5NO5S/c21-12-1-4-17(22)16(8-12)10-5-11(20(23,24)25)7-14(6-10)26(32(30)31)13-2-3-15(19(28)29)18(27)9-13/h1-9,27H,(H,28,29)(H,30,31)/p-1. The van der Waals surface area contributed by atoms with Crippen molar-refractivity contribution in [2.24, 2.45) is 0 Å². The minimum absolute atomic E-state index is 0.335. The predicted octanol–water partition coefficient (Wildman–Crippen LogP) is 4.99. The zero-order valence-electron chi connectivity index (χ0n) is 15.6. The van der Waals surface area contributed by atoms with Crippen molar-refractivity contribution in [3.8, 4) is 16.9 Å². The Morgan fingerprint density at radius 1 is 0.969 bits per heavy atom. The van der Waals surface area contributed by atoms with Crippen LogP contribution in [0.4, 0.5) is 33.3 Å². The van der Waals surface area contributed by atoms with Crippen LogP contribution in [0, 0.1) is 11.6 Å². The normalized spacial score (nSPS) is 12.4. The van der Waals surface area contributed by atoms with Gasteiger partial charge >= 0.3 is 12.1 Å². The van der Waals surface area contributed by atoms with Crippen LogP contribution in [0.15, 0.2) is 54.6 Å². The van der Waals surface area contributed by atoms with Gasteiger partial charge < -0.3 is 14.8 Å². The summed E-state index contributed by atoms with van der Waals surface area (Å²) in [5, 5.41) is 18.8. The van der Waals surface area contributed by atoms with Gasteiger partial charge in [0.1, 0.15) is 22.9 Å². The number of alkyl halides is 3. The predicted molar refractivity (Wildman–Crippen MR) is 103 cm³/mol. The molecule has 3 aromatic rings. The summed E-state index contributed by atoms with van der Waals surface area (Å²) >= 11 is -3.25. The van der Waals surface area contributed by atoms with Crippen molar-refractivity contribution >= 4 is 28.6 Å². The van der Waals surface area contributed by atoms with Crippen LogP contribution in [0.1, 0.15) is 15.9 Å². The van der Waals surface area contributed by atoms with Gasteiger partial charge in [0.2, 0.25) is 0 Å². The molecule has 0 aliphatic rings. The number of phenols is 1. The third-order valence-electron chi connectivity index (χ3n) is 4.31. The van der Waals surface area contributed by atoms with Crippen molar-refractivity contribution < 1.29 is 45.7 Å². The molecule has 0 saturated heterocycles. The van der Waals surface area contributed by atoms with E-state index in [4.69, 9.17) is 5.11 Å². The van der Waals surface area contributed by atoms with Gasteiger partial charge in [-0.1, -0.05) is 0 Å². The number of carboxylic acid groups (broad SMARTS) is 1. The third-order valence-corrected chi connectivity index (χ3v) is 5.03. The summed E-state index contributed by atoms with van der Waals surface area (Å²) in [4.78, 5) is 11.0. The Morgan fingerprint density at radius 3 is 2.22 bits per heavy atom. The third kappa shape index (κ3) is 4.70. The smallest absolute Gasteiger partial charge is 0.416 e. The number of carboxylic acids is 1. The molecule has 1 atom stereocenters. The van der Waals surface area contributed by atoms with Crippen LogP contribution in [0.2, 0.25) is 0 Å². The number of aromatic carboxylic acids is 1. The fourth-order valence-electron chi connectivity index (χ4n) is 2.91. The molecule has 0 amide bonds. The minimum Gasteiger partial charge on any atom is -0.755 e. The molecule has 0 radical (unpaired) electrons. The van der Waals surface area contributed by atoms with E-state index in [2.05, 4.69) is 0 Å². The Balaban J connectivity index is 2.26. The van der Waals surface area contributed by atoms with E-state index in [0.29, 0.717) is 28.6 Å². The lowest BCUT2D eigenvalue weighted by molar-refractivity contribution is -0.137. The first kappa shape index (κ1) is 23.2. The molecule has 0 bridgehead atoms. The van der Waals surface area contributed by atoms with Crippen molar-refractivity contribution in [2.75, 3.05) is 4.31 Å². The molecule has 0 fully saturated rings. The zero-order chi connectivity index (χ0) is 23.8. The summed E-state index contributed by atoms with van der Waals surface area (Å²) < 4.78 is 92.3. The van der Waals surface area contributed by atoms with Crippen LogP contribution in [0.3, 0.4) is 0 Å². The molecular formula is C20H11F5NO5S-. The van der Waals surface area contributed by atoms with Crippen molar-refractivity contribution in [2.45, 2.75) is 6.18 Å².